The molecule has 1 aliphatic heterocycles. The molecule has 0 aromatic heterocycles. The van der Waals surface area contributed by atoms with Crippen molar-refractivity contribution in [1.82, 2.24) is 0 Å². The van der Waals surface area contributed by atoms with E-state index in [9.17, 15) is 4.79 Å². The van der Waals surface area contributed by atoms with Crippen LogP contribution in [-0.2, 0) is 14.3 Å². The first kappa shape index (κ1) is 11.3. The van der Waals surface area contributed by atoms with Gasteiger partial charge >= 0.3 is 5.97 Å². The second-order valence-electron chi connectivity index (χ2n) is 7.33. The van der Waals surface area contributed by atoms with E-state index >= 15 is 0 Å². The van der Waals surface area contributed by atoms with E-state index in [4.69, 9.17) is 9.47 Å². The van der Waals surface area contributed by atoms with Gasteiger partial charge in [0.05, 0.1) is 7.11 Å². The van der Waals surface area contributed by atoms with E-state index in [-0.39, 0.29) is 23.1 Å². The van der Waals surface area contributed by atoms with Gasteiger partial charge in [0.2, 0.25) is 0 Å². The highest BCUT2D eigenvalue weighted by molar-refractivity contribution is 5.79. The summed E-state index contributed by atoms with van der Waals surface area (Å²) in [4.78, 5) is 11.7. The lowest BCUT2D eigenvalue weighted by molar-refractivity contribution is -0.142. The number of esters is 1. The lowest BCUT2D eigenvalue weighted by Crippen LogP contribution is -2.53. The highest BCUT2D eigenvalue weighted by Crippen LogP contribution is 2.68. The smallest absolute Gasteiger partial charge is 0.338 e. The number of carbonyl (C=O) groups is 1. The predicted molar refractivity (Wildman–Crippen MR) is 65.9 cm³/mol. The summed E-state index contributed by atoms with van der Waals surface area (Å²) in [6, 6.07) is 0. The molecule has 2 unspecified atom stereocenters. The average molecular weight is 250 g/mol. The summed E-state index contributed by atoms with van der Waals surface area (Å²) in [6.07, 6.45) is 7.84. The van der Waals surface area contributed by atoms with Crippen LogP contribution in [0.15, 0.2) is 0 Å². The minimum absolute atomic E-state index is 0.173. The van der Waals surface area contributed by atoms with Crippen molar-refractivity contribution in [3.63, 3.8) is 0 Å². The molecular weight excluding hydrogens is 228 g/mol. The van der Waals surface area contributed by atoms with Gasteiger partial charge in [0.15, 0.2) is 6.10 Å². The van der Waals surface area contributed by atoms with Gasteiger partial charge in [-0.25, -0.2) is 4.79 Å². The number of epoxide rings is 1. The molecule has 3 nitrogen and oxygen atoms in total. The van der Waals surface area contributed by atoms with E-state index in [1.54, 1.807) is 0 Å². The molecule has 0 amide bonds. The highest BCUT2D eigenvalue weighted by Gasteiger charge is 2.72. The maximum Gasteiger partial charge on any atom is 0.338 e. The zero-order valence-corrected chi connectivity index (χ0v) is 11.3. The molecule has 2 atom stereocenters. The molecule has 0 radical (unpaired) electrons. The normalized spacial score (nSPS) is 56.6. The first-order valence-electron chi connectivity index (χ1n) is 7.32. The number of hydrogen-bond acceptors (Lipinski definition) is 3. The number of ether oxygens (including phenoxy) is 2. The Morgan fingerprint density at radius 3 is 2.06 bits per heavy atom. The van der Waals surface area contributed by atoms with Gasteiger partial charge in [-0.1, -0.05) is 0 Å². The second-order valence-corrected chi connectivity index (χ2v) is 7.33. The first-order chi connectivity index (χ1) is 8.56. The monoisotopic (exact) mass is 250 g/mol. The Kier molecular flexibility index (Phi) is 2.07. The minimum atomic E-state index is -0.293. The fourth-order valence-electron chi connectivity index (χ4n) is 5.71. The van der Waals surface area contributed by atoms with E-state index in [1.165, 1.54) is 45.6 Å². The van der Waals surface area contributed by atoms with Gasteiger partial charge in [-0.2, -0.15) is 0 Å². The van der Waals surface area contributed by atoms with Crippen LogP contribution in [0.2, 0.25) is 0 Å². The third kappa shape index (κ3) is 1.26. The van der Waals surface area contributed by atoms with Crippen molar-refractivity contribution in [2.24, 2.45) is 23.2 Å². The van der Waals surface area contributed by atoms with Gasteiger partial charge in [0, 0.05) is 5.41 Å². The first-order valence-corrected chi connectivity index (χ1v) is 7.32. The number of hydrogen-bond donors (Lipinski definition) is 0. The Balaban J connectivity index is 1.63. The Labute approximate surface area is 108 Å². The maximum absolute atomic E-state index is 11.7. The van der Waals surface area contributed by atoms with E-state index in [1.807, 2.05) is 0 Å². The van der Waals surface area contributed by atoms with Crippen LogP contribution in [0, 0.1) is 23.2 Å². The number of methoxy groups -OCH3 is 1. The van der Waals surface area contributed by atoms with Crippen LogP contribution in [0.4, 0.5) is 0 Å². The molecule has 18 heavy (non-hydrogen) atoms. The summed E-state index contributed by atoms with van der Waals surface area (Å²) in [5.41, 5.74) is 0.0523. The summed E-state index contributed by atoms with van der Waals surface area (Å²) in [6.45, 7) is 2.15. The van der Waals surface area contributed by atoms with E-state index in [0.29, 0.717) is 0 Å². The van der Waals surface area contributed by atoms with Crippen LogP contribution >= 0.6 is 0 Å². The second kappa shape index (κ2) is 3.30. The molecule has 4 aliphatic carbocycles. The van der Waals surface area contributed by atoms with E-state index in [0.717, 1.165) is 17.8 Å². The molecule has 4 bridgehead atoms. The largest absolute Gasteiger partial charge is 0.467 e. The summed E-state index contributed by atoms with van der Waals surface area (Å²) in [5, 5.41) is 0. The Morgan fingerprint density at radius 1 is 1.11 bits per heavy atom. The van der Waals surface area contributed by atoms with Gasteiger partial charge in [0.1, 0.15) is 5.60 Å². The molecule has 0 spiro atoms. The molecule has 5 rings (SSSR count). The van der Waals surface area contributed by atoms with Gasteiger partial charge in [-0.05, 0) is 63.2 Å². The van der Waals surface area contributed by atoms with Crippen molar-refractivity contribution in [3.8, 4) is 0 Å². The standard InChI is InChI=1S/C15H22O3/c1-14(12(18-14)13(16)17-2)15-6-9-3-10(7-15)5-11(4-9)8-15/h9-12H,3-8H2,1-2H3. The average Bonchev–Trinajstić information content (AvgIpc) is 3.01. The fraction of sp³-hybridized carbons (Fsp3) is 0.933. The molecule has 1 heterocycles. The van der Waals surface area contributed by atoms with Crippen LogP contribution in [-0.4, -0.2) is 24.8 Å². The molecule has 0 N–H and O–H groups in total. The summed E-state index contributed by atoms with van der Waals surface area (Å²) >= 11 is 0. The quantitative estimate of drug-likeness (QED) is 0.558. The van der Waals surface area contributed by atoms with Crippen LogP contribution < -0.4 is 0 Å². The summed E-state index contributed by atoms with van der Waals surface area (Å²) in [7, 11) is 1.46. The lowest BCUT2D eigenvalue weighted by Gasteiger charge is -2.58. The topological polar surface area (TPSA) is 38.8 Å². The Hall–Kier alpha value is -0.570. The highest BCUT2D eigenvalue weighted by atomic mass is 16.7. The Bertz CT molecular complexity index is 367. The van der Waals surface area contributed by atoms with Crippen molar-refractivity contribution < 1.29 is 14.3 Å². The minimum Gasteiger partial charge on any atom is -0.467 e. The number of rotatable bonds is 2. The lowest BCUT2D eigenvalue weighted by atomic mass is 9.46. The van der Waals surface area contributed by atoms with E-state index < -0.39 is 0 Å². The third-order valence-electron chi connectivity index (χ3n) is 6.31. The van der Waals surface area contributed by atoms with Crippen molar-refractivity contribution in [1.29, 1.82) is 0 Å². The van der Waals surface area contributed by atoms with Crippen LogP contribution in [0.25, 0.3) is 0 Å². The zero-order valence-electron chi connectivity index (χ0n) is 11.3. The van der Waals surface area contributed by atoms with Gasteiger partial charge in [-0.3, -0.25) is 0 Å². The molecule has 5 aliphatic rings. The molecule has 100 valence electrons. The fourth-order valence-corrected chi connectivity index (χ4v) is 5.71. The van der Waals surface area contributed by atoms with Crippen LogP contribution in [0.3, 0.4) is 0 Å². The molecule has 0 aromatic carbocycles. The third-order valence-corrected chi connectivity index (χ3v) is 6.31. The molecule has 5 fully saturated rings. The van der Waals surface area contributed by atoms with Crippen molar-refractivity contribution >= 4 is 5.97 Å². The van der Waals surface area contributed by atoms with Crippen molar-refractivity contribution in [2.75, 3.05) is 7.11 Å². The molecule has 1 saturated heterocycles. The zero-order chi connectivity index (χ0) is 12.5. The number of carbonyl (C=O) groups excluding carboxylic acids is 1. The molecular formula is C15H22O3. The summed E-state index contributed by atoms with van der Waals surface area (Å²) < 4.78 is 10.7. The van der Waals surface area contributed by atoms with E-state index in [2.05, 4.69) is 6.92 Å². The van der Waals surface area contributed by atoms with Crippen molar-refractivity contribution in [2.45, 2.75) is 57.2 Å². The molecule has 4 saturated carbocycles. The van der Waals surface area contributed by atoms with Gasteiger partial charge < -0.3 is 9.47 Å². The maximum atomic E-state index is 11.7. The van der Waals surface area contributed by atoms with Crippen molar-refractivity contribution in [3.05, 3.63) is 0 Å². The molecule has 3 heteroatoms. The predicted octanol–water partition coefficient (Wildman–Crippen LogP) is 2.53. The Morgan fingerprint density at radius 2 is 1.61 bits per heavy atom. The van der Waals surface area contributed by atoms with Crippen LogP contribution in [0.5, 0.6) is 0 Å². The summed E-state index contributed by atoms with van der Waals surface area (Å²) in [5.74, 6) is 2.52. The van der Waals surface area contributed by atoms with Crippen LogP contribution in [0.1, 0.15) is 45.4 Å². The van der Waals surface area contributed by atoms with Gasteiger partial charge in [0.25, 0.3) is 0 Å². The molecule has 0 aromatic rings. The van der Waals surface area contributed by atoms with Gasteiger partial charge in [-0.15, -0.1) is 0 Å². The SMILES string of the molecule is COC(=O)C1OC1(C)C12CC3CC(CC(C3)C1)C2.